The molecule has 12 aliphatic rings. The van der Waals surface area contributed by atoms with Crippen molar-refractivity contribution in [3.8, 4) is 5.75 Å². The molecule has 8 aromatic carbocycles. The number of nitrogens with two attached hydrogens (primary N) is 4. The van der Waals surface area contributed by atoms with Gasteiger partial charge in [-0.3, -0.25) is 19.6 Å². The molecule has 8 N–H and O–H groups in total. The summed E-state index contributed by atoms with van der Waals surface area (Å²) in [7, 11) is -13.3. The number of methoxy groups -OCH3 is 1. The third-order valence-corrected chi connectivity index (χ3v) is 35.1. The zero-order valence-electron chi connectivity index (χ0n) is 75.2. The van der Waals surface area contributed by atoms with Gasteiger partial charge in [-0.15, -0.1) is 0 Å². The number of rotatable bonds is 18. The quantitative estimate of drug-likeness (QED) is 0.0458. The Hall–Kier alpha value is -9.02. The number of hydrogen-bond acceptors (Lipinski definition) is 21. The van der Waals surface area contributed by atoms with Crippen LogP contribution in [0.15, 0.2) is 228 Å². The maximum Gasteiger partial charge on any atom is 0.246 e. The van der Waals surface area contributed by atoms with Crippen molar-refractivity contribution in [3.05, 3.63) is 300 Å². The van der Waals surface area contributed by atoms with E-state index < -0.39 is 152 Å². The van der Waals surface area contributed by atoms with E-state index in [9.17, 15) is 77.6 Å². The average Bonchev–Trinajstić information content (AvgIpc) is 1.63. The largest absolute Gasteiger partial charge is 0.497 e. The molecule has 0 amide bonds. The summed E-state index contributed by atoms with van der Waals surface area (Å²) in [4.78, 5) is 9.20. The fourth-order valence-corrected chi connectivity index (χ4v) is 26.1. The van der Waals surface area contributed by atoms with Gasteiger partial charge in [0.2, 0.25) is 40.1 Å². The summed E-state index contributed by atoms with van der Waals surface area (Å²) in [6.45, 7) is 14.9. The molecule has 0 aromatic heterocycles. The lowest BCUT2D eigenvalue weighted by molar-refractivity contribution is -0.0468. The predicted molar refractivity (Wildman–Crippen MR) is 486 cm³/mol. The molecule has 25 nitrogen and oxygen atoms in total. The Kier molecular flexibility index (Phi) is 29.2. The third-order valence-electron chi connectivity index (χ3n) is 27.9. The van der Waals surface area contributed by atoms with Gasteiger partial charge in [0.25, 0.3) is 0 Å². The second kappa shape index (κ2) is 40.3. The SMILES string of the molecule is CC(C)c1ccc(S(=O)(=O)N2CC3=C(CN([C@H]4CO[C@H](c5cc(F)ccc5F)[C@@H](N)C4)C3)C2)cc1.COc1ccc(S(=O)(=O)N2CC3=C(CN([C@H]4CO[C@H](c5cc(F)ccc5F)[C@@H](N)C4)C3)C2)cc1.Cc1ccc(S(=O)(=O)N2CC3=C(CN([C@H]4CO[C@H](c5cc(F)ccc5F)[C@@H](N)C4)C3)C2)cc1.N[C@H]1C[C@@H](N2CC3=C(C2)CN(S(=O)(=O)c2ccc(F)cc2F)C3)CO[C@@H]1c1cc(F)ccc1F. The number of sulfonamides is 4. The second-order valence-electron chi connectivity index (χ2n) is 37.2. The number of nitrogens with zero attached hydrogens (tertiary/aromatic N) is 8. The van der Waals surface area contributed by atoms with E-state index >= 15 is 0 Å². The summed E-state index contributed by atoms with van der Waals surface area (Å²) < 4.78 is 277. The van der Waals surface area contributed by atoms with Gasteiger partial charge < -0.3 is 46.6 Å². The zero-order chi connectivity index (χ0) is 96.5. The maximum absolute atomic E-state index is 14.2. The van der Waals surface area contributed by atoms with Crippen LogP contribution in [-0.2, 0) is 59.0 Å². The molecular weight excluding hydrogens is 1860 g/mol. The Labute approximate surface area is 785 Å². The van der Waals surface area contributed by atoms with Gasteiger partial charge in [-0.25, -0.2) is 77.6 Å². The average molecular weight is 1970 g/mol. The van der Waals surface area contributed by atoms with E-state index in [2.05, 4.69) is 33.4 Å². The summed E-state index contributed by atoms with van der Waals surface area (Å²) in [5.74, 6) is -5.28. The Morgan fingerprint density at radius 2 is 0.551 bits per heavy atom. The monoisotopic (exact) mass is 1970 g/mol. The molecule has 39 heteroatoms. The topological polar surface area (TPSA) is 313 Å². The third kappa shape index (κ3) is 20.8. The Morgan fingerprint density at radius 1 is 0.309 bits per heavy atom. The normalized spacial score (nSPS) is 26.3. The van der Waals surface area contributed by atoms with E-state index in [1.807, 2.05) is 19.1 Å². The van der Waals surface area contributed by atoms with E-state index in [1.165, 1.54) is 20.0 Å². The Balaban J connectivity index is 0.000000126. The van der Waals surface area contributed by atoms with Crippen molar-refractivity contribution in [2.45, 2.75) is 145 Å². The molecule has 12 aliphatic heterocycles. The minimum Gasteiger partial charge on any atom is -0.497 e. The Bertz CT molecular complexity index is 6410. The van der Waals surface area contributed by atoms with Crippen LogP contribution >= 0.6 is 0 Å². The van der Waals surface area contributed by atoms with Gasteiger partial charge in [-0.05, 0) is 222 Å². The first-order valence-corrected chi connectivity index (χ1v) is 50.8. The van der Waals surface area contributed by atoms with Crippen LogP contribution in [0, 0.1) is 65.1 Å². The van der Waals surface area contributed by atoms with Crippen molar-refractivity contribution < 1.29 is 101 Å². The first kappa shape index (κ1) is 98.6. The van der Waals surface area contributed by atoms with Crippen molar-refractivity contribution in [3.63, 3.8) is 0 Å². The fourth-order valence-electron chi connectivity index (χ4n) is 20.4. The highest BCUT2D eigenvalue weighted by molar-refractivity contribution is 7.90. The van der Waals surface area contributed by atoms with Crippen molar-refractivity contribution in [1.29, 1.82) is 0 Å². The van der Waals surface area contributed by atoms with Gasteiger partial charge in [0, 0.05) is 181 Å². The summed E-state index contributed by atoms with van der Waals surface area (Å²) in [6.07, 6.45) is -0.557. The summed E-state index contributed by atoms with van der Waals surface area (Å²) in [6, 6.07) is 34.1. The minimum atomic E-state index is -4.10. The number of halogens is 10. The molecule has 20 rings (SSSR count). The van der Waals surface area contributed by atoms with Crippen molar-refractivity contribution >= 4 is 40.1 Å². The standard InChI is InChI=1S/C26H31F2N3O3S.C24H27F2N3O4S.C24H27F2N3O3S.C23H23F4N3O3S/c1-16(2)17-3-6-22(7-4-17)35(32,33)31-13-18-11-30(12-19(18)14-31)21-10-25(29)26(34-15-21)23-9-20(27)5-8-24(23)28;1-32-19-3-5-20(6-4-19)34(30,31)29-12-15-10-28(11-16(15)13-29)18-9-23(27)24(33-14-18)21-8-17(25)2-7-22(21)26;1-15-2-5-20(6-3-15)33(30,31)29-12-16-10-28(11-17(16)13-29)19-9-23(27)24(32-14-19)21-8-18(25)4-7-22(21)26;24-15-1-3-19(26)18(5-15)23-21(28)7-17(12-33-23)29-8-13-10-30(11-14(13)9-29)34(31,32)22-4-2-16(25)6-20(22)27/h3-9,16,21,25-26H,10-15,29H2,1-2H3;2-8,18,23-24H,9-14,27H2,1H3;2-8,19,23-24H,9-14,27H2,1H3;1-6,17,21,23H,7-12,28H2/t21-,25+,26-;18-,23+,24-;19-,23+,24-;17-,21+,23-/m1111/s1. The van der Waals surface area contributed by atoms with Gasteiger partial charge >= 0.3 is 0 Å². The van der Waals surface area contributed by atoms with Gasteiger partial charge in [0.15, 0.2) is 0 Å². The molecule has 0 radical (unpaired) electrons. The smallest absolute Gasteiger partial charge is 0.246 e. The van der Waals surface area contributed by atoms with Gasteiger partial charge in [-0.1, -0.05) is 43.7 Å². The van der Waals surface area contributed by atoms with Crippen LogP contribution in [-0.4, -0.2) is 257 Å². The van der Waals surface area contributed by atoms with Crippen LogP contribution in [0.25, 0.3) is 0 Å². The van der Waals surface area contributed by atoms with Crippen LogP contribution in [0.5, 0.6) is 5.75 Å². The number of ether oxygens (including phenoxy) is 5. The molecular formula is C97H108F10N12O13S4. The second-order valence-corrected chi connectivity index (χ2v) is 44.9. The molecule has 0 aliphatic carbocycles. The molecule has 4 fully saturated rings. The highest BCUT2D eigenvalue weighted by Crippen LogP contribution is 2.43. The van der Waals surface area contributed by atoms with E-state index in [1.54, 1.807) is 65.0 Å². The molecule has 12 heterocycles. The van der Waals surface area contributed by atoms with Crippen LogP contribution in [0.3, 0.4) is 0 Å². The number of benzene rings is 8. The van der Waals surface area contributed by atoms with E-state index in [0.717, 1.165) is 141 Å². The van der Waals surface area contributed by atoms with E-state index in [-0.39, 0.29) is 71.0 Å². The van der Waals surface area contributed by atoms with Crippen molar-refractivity contribution in [1.82, 2.24) is 36.8 Å². The summed E-state index contributed by atoms with van der Waals surface area (Å²) in [5, 5.41) is 0. The lowest BCUT2D eigenvalue weighted by atomic mass is 9.93. The molecule has 136 heavy (non-hydrogen) atoms. The van der Waals surface area contributed by atoms with Crippen molar-refractivity contribution in [2.24, 2.45) is 22.9 Å². The molecule has 0 bridgehead atoms. The van der Waals surface area contributed by atoms with Crippen LogP contribution in [0.4, 0.5) is 43.9 Å². The fraction of sp³-hybridized carbons (Fsp3) is 0.423. The minimum absolute atomic E-state index is 0.0279. The zero-order valence-corrected chi connectivity index (χ0v) is 78.4. The maximum atomic E-state index is 14.2. The van der Waals surface area contributed by atoms with Gasteiger partial charge in [-0.2, -0.15) is 17.2 Å². The summed E-state index contributed by atoms with van der Waals surface area (Å²) >= 11 is 0. The number of hydrogen-bond donors (Lipinski definition) is 4. The molecule has 0 unspecified atom stereocenters. The highest BCUT2D eigenvalue weighted by atomic mass is 32.2. The molecule has 4 saturated heterocycles. The van der Waals surface area contributed by atoms with Crippen LogP contribution in [0.1, 0.15) is 103 Å². The first-order valence-electron chi connectivity index (χ1n) is 45.0. The highest BCUT2D eigenvalue weighted by Gasteiger charge is 2.48. The molecule has 8 aromatic rings. The van der Waals surface area contributed by atoms with Crippen LogP contribution in [0.2, 0.25) is 0 Å². The summed E-state index contributed by atoms with van der Waals surface area (Å²) in [5.41, 5.74) is 36.5. The van der Waals surface area contributed by atoms with Crippen molar-refractivity contribution in [2.75, 3.05) is 138 Å². The lowest BCUT2D eigenvalue weighted by Crippen LogP contribution is -2.49. The molecule has 12 atom stereocenters. The lowest BCUT2D eigenvalue weighted by Gasteiger charge is -2.39. The van der Waals surface area contributed by atoms with E-state index in [4.69, 9.17) is 46.6 Å². The molecule has 0 spiro atoms. The van der Waals surface area contributed by atoms with Gasteiger partial charge in [0.1, 0.15) is 93.2 Å². The van der Waals surface area contributed by atoms with Crippen LogP contribution < -0.4 is 27.7 Å². The predicted octanol–water partition coefficient (Wildman–Crippen LogP) is 11.5. The van der Waals surface area contributed by atoms with E-state index in [0.29, 0.717) is 165 Å². The first-order chi connectivity index (χ1) is 64.7. The molecule has 728 valence electrons. The number of aryl methyl sites for hydroxylation is 1. The Morgan fingerprint density at radius 3 is 0.801 bits per heavy atom. The van der Waals surface area contributed by atoms with Gasteiger partial charge in [0.05, 0.1) is 48.2 Å². The molecule has 0 saturated carbocycles.